The smallest absolute Gasteiger partial charge is 0.227 e. The lowest BCUT2D eigenvalue weighted by Crippen LogP contribution is -2.31. The summed E-state index contributed by atoms with van der Waals surface area (Å²) in [6.07, 6.45) is 1.58. The van der Waals surface area contributed by atoms with Crippen LogP contribution >= 0.6 is 12.4 Å². The zero-order valence-electron chi connectivity index (χ0n) is 11.0. The molecule has 1 amide bonds. The average molecular weight is 269 g/mol. The van der Waals surface area contributed by atoms with Gasteiger partial charge < -0.3 is 10.6 Å². The number of amides is 1. The van der Waals surface area contributed by atoms with Gasteiger partial charge in [-0.25, -0.2) is 0 Å². The molecule has 1 aliphatic rings. The third-order valence-corrected chi connectivity index (χ3v) is 3.37. The highest BCUT2D eigenvalue weighted by Crippen LogP contribution is 2.29. The monoisotopic (exact) mass is 268 g/mol. The van der Waals surface area contributed by atoms with Gasteiger partial charge in [0.05, 0.1) is 6.42 Å². The fraction of sp³-hybridized carbons (Fsp3) is 0.500. The molecule has 0 spiro atoms. The van der Waals surface area contributed by atoms with E-state index in [0.29, 0.717) is 6.42 Å². The number of carbonyl (C=O) groups excluding carboxylic acids is 1. The van der Waals surface area contributed by atoms with Crippen LogP contribution in [0.15, 0.2) is 24.3 Å². The number of nitrogens with zero attached hydrogens (tertiary/aromatic N) is 1. The van der Waals surface area contributed by atoms with Gasteiger partial charge in [-0.05, 0) is 29.5 Å². The largest absolute Gasteiger partial charge is 0.399 e. The minimum Gasteiger partial charge on any atom is -0.399 e. The number of anilines is 1. The third kappa shape index (κ3) is 3.64. The zero-order valence-corrected chi connectivity index (χ0v) is 11.8. The van der Waals surface area contributed by atoms with Gasteiger partial charge in [0.2, 0.25) is 5.91 Å². The van der Waals surface area contributed by atoms with Crippen LogP contribution in [-0.2, 0) is 11.2 Å². The first-order valence-electron chi connectivity index (χ1n) is 6.08. The van der Waals surface area contributed by atoms with Crippen molar-refractivity contribution < 1.29 is 4.79 Å². The molecule has 4 heteroatoms. The minimum atomic E-state index is 0. The summed E-state index contributed by atoms with van der Waals surface area (Å²) in [5.41, 5.74) is 7.67. The number of nitrogen functional groups attached to an aromatic ring is 1. The number of hydrogen-bond donors (Lipinski definition) is 1. The lowest BCUT2D eigenvalue weighted by atomic mass is 9.93. The predicted molar refractivity (Wildman–Crippen MR) is 76.8 cm³/mol. The summed E-state index contributed by atoms with van der Waals surface area (Å²) < 4.78 is 0. The Morgan fingerprint density at radius 2 is 1.94 bits per heavy atom. The second-order valence-corrected chi connectivity index (χ2v) is 5.65. The maximum absolute atomic E-state index is 12.1. The van der Waals surface area contributed by atoms with E-state index in [1.54, 1.807) is 0 Å². The molecule has 0 aliphatic carbocycles. The molecule has 2 rings (SSSR count). The number of rotatable bonds is 2. The Balaban J connectivity index is 0.00000162. The van der Waals surface area contributed by atoms with Crippen LogP contribution in [0.1, 0.15) is 25.8 Å². The molecule has 2 N–H and O–H groups in total. The van der Waals surface area contributed by atoms with Crippen molar-refractivity contribution in [1.29, 1.82) is 0 Å². The van der Waals surface area contributed by atoms with Gasteiger partial charge in [0.15, 0.2) is 0 Å². The van der Waals surface area contributed by atoms with Gasteiger partial charge >= 0.3 is 0 Å². The first-order valence-corrected chi connectivity index (χ1v) is 6.08. The molecule has 18 heavy (non-hydrogen) atoms. The van der Waals surface area contributed by atoms with Crippen molar-refractivity contribution in [3.05, 3.63) is 29.8 Å². The van der Waals surface area contributed by atoms with Crippen molar-refractivity contribution in [2.24, 2.45) is 5.41 Å². The summed E-state index contributed by atoms with van der Waals surface area (Å²) in [7, 11) is 0. The summed E-state index contributed by atoms with van der Waals surface area (Å²) in [6, 6.07) is 7.54. The lowest BCUT2D eigenvalue weighted by Gasteiger charge is -2.19. The first-order chi connectivity index (χ1) is 7.96. The number of halogens is 1. The SMILES string of the molecule is CC1(C)CCN(C(=O)Cc2ccc(N)cc2)C1.Cl. The molecular weight excluding hydrogens is 248 g/mol. The molecule has 0 atom stereocenters. The zero-order chi connectivity index (χ0) is 12.5. The van der Waals surface area contributed by atoms with Crippen molar-refractivity contribution >= 4 is 24.0 Å². The Hall–Kier alpha value is -1.22. The van der Waals surface area contributed by atoms with Crippen molar-refractivity contribution in [1.82, 2.24) is 4.90 Å². The highest BCUT2D eigenvalue weighted by molar-refractivity contribution is 5.85. The standard InChI is InChI=1S/C14H20N2O.ClH/c1-14(2)7-8-16(10-14)13(17)9-11-3-5-12(15)6-4-11;/h3-6H,7-10,15H2,1-2H3;1H. The summed E-state index contributed by atoms with van der Waals surface area (Å²) >= 11 is 0. The summed E-state index contributed by atoms with van der Waals surface area (Å²) in [5.74, 6) is 0.223. The predicted octanol–water partition coefficient (Wildman–Crippen LogP) is 2.49. The Kier molecular flexibility index (Phi) is 4.63. The van der Waals surface area contributed by atoms with Crippen LogP contribution in [0.4, 0.5) is 5.69 Å². The molecule has 0 aromatic heterocycles. The van der Waals surface area contributed by atoms with Gasteiger partial charge in [-0.1, -0.05) is 26.0 Å². The quantitative estimate of drug-likeness (QED) is 0.838. The highest BCUT2D eigenvalue weighted by atomic mass is 35.5. The normalized spacial score (nSPS) is 17.3. The van der Waals surface area contributed by atoms with Crippen LogP contribution in [0.2, 0.25) is 0 Å². The lowest BCUT2D eigenvalue weighted by molar-refractivity contribution is -0.129. The maximum atomic E-state index is 12.1. The van der Waals surface area contributed by atoms with Crippen LogP contribution in [0, 0.1) is 5.41 Å². The molecule has 3 nitrogen and oxygen atoms in total. The molecule has 1 saturated heterocycles. The van der Waals surface area contributed by atoms with Crippen LogP contribution in [0.25, 0.3) is 0 Å². The highest BCUT2D eigenvalue weighted by Gasteiger charge is 2.31. The van der Waals surface area contributed by atoms with E-state index in [4.69, 9.17) is 5.73 Å². The Labute approximate surface area is 115 Å². The fourth-order valence-electron chi connectivity index (χ4n) is 2.25. The number of likely N-dealkylation sites (tertiary alicyclic amines) is 1. The van der Waals surface area contributed by atoms with E-state index in [-0.39, 0.29) is 23.7 Å². The van der Waals surface area contributed by atoms with E-state index in [9.17, 15) is 4.79 Å². The van der Waals surface area contributed by atoms with Crippen LogP contribution in [0.3, 0.4) is 0 Å². The molecule has 1 heterocycles. The van der Waals surface area contributed by atoms with E-state index in [1.807, 2.05) is 29.2 Å². The third-order valence-electron chi connectivity index (χ3n) is 3.37. The molecule has 1 aromatic carbocycles. The van der Waals surface area contributed by atoms with E-state index in [0.717, 1.165) is 30.8 Å². The van der Waals surface area contributed by atoms with Gasteiger partial charge in [-0.15, -0.1) is 12.4 Å². The molecule has 0 saturated carbocycles. The first kappa shape index (κ1) is 14.8. The van der Waals surface area contributed by atoms with Crippen molar-refractivity contribution in [2.75, 3.05) is 18.8 Å². The fourth-order valence-corrected chi connectivity index (χ4v) is 2.25. The Bertz CT molecular complexity index is 414. The summed E-state index contributed by atoms with van der Waals surface area (Å²) in [6.45, 7) is 6.19. The Morgan fingerprint density at radius 3 is 2.44 bits per heavy atom. The van der Waals surface area contributed by atoms with Gasteiger partial charge in [0, 0.05) is 18.8 Å². The van der Waals surface area contributed by atoms with Gasteiger partial charge in [-0.3, -0.25) is 4.79 Å². The van der Waals surface area contributed by atoms with Crippen LogP contribution in [-0.4, -0.2) is 23.9 Å². The number of hydrogen-bond acceptors (Lipinski definition) is 2. The number of carbonyl (C=O) groups is 1. The summed E-state index contributed by atoms with van der Waals surface area (Å²) in [4.78, 5) is 14.1. The molecule has 1 aromatic rings. The topological polar surface area (TPSA) is 46.3 Å². The van der Waals surface area contributed by atoms with E-state index < -0.39 is 0 Å². The van der Waals surface area contributed by atoms with Crippen LogP contribution < -0.4 is 5.73 Å². The molecule has 0 unspecified atom stereocenters. The number of benzene rings is 1. The molecule has 1 aliphatic heterocycles. The van der Waals surface area contributed by atoms with E-state index >= 15 is 0 Å². The second kappa shape index (κ2) is 5.61. The molecule has 0 radical (unpaired) electrons. The Morgan fingerprint density at radius 1 is 1.33 bits per heavy atom. The van der Waals surface area contributed by atoms with Gasteiger partial charge in [0.25, 0.3) is 0 Å². The van der Waals surface area contributed by atoms with E-state index in [1.165, 1.54) is 0 Å². The maximum Gasteiger partial charge on any atom is 0.227 e. The number of nitrogens with two attached hydrogens (primary N) is 1. The second-order valence-electron chi connectivity index (χ2n) is 5.65. The average Bonchev–Trinajstić information content (AvgIpc) is 2.62. The van der Waals surface area contributed by atoms with Gasteiger partial charge in [0.1, 0.15) is 0 Å². The van der Waals surface area contributed by atoms with Crippen molar-refractivity contribution in [2.45, 2.75) is 26.7 Å². The van der Waals surface area contributed by atoms with Crippen molar-refractivity contribution in [3.8, 4) is 0 Å². The van der Waals surface area contributed by atoms with Gasteiger partial charge in [-0.2, -0.15) is 0 Å². The van der Waals surface area contributed by atoms with Crippen LogP contribution in [0.5, 0.6) is 0 Å². The molecule has 100 valence electrons. The molecular formula is C14H21ClN2O. The molecule has 0 bridgehead atoms. The summed E-state index contributed by atoms with van der Waals surface area (Å²) in [5, 5.41) is 0. The minimum absolute atomic E-state index is 0. The van der Waals surface area contributed by atoms with E-state index in [2.05, 4.69) is 13.8 Å². The molecule has 1 fully saturated rings. The van der Waals surface area contributed by atoms with Crippen molar-refractivity contribution in [3.63, 3.8) is 0 Å².